The van der Waals surface area contributed by atoms with Gasteiger partial charge in [0.05, 0.1) is 10.6 Å². The zero-order valence-electron chi connectivity index (χ0n) is 17.8. The highest BCUT2D eigenvalue weighted by atomic mass is 79.9. The number of carbonyl (C=O) groups is 1. The van der Waals surface area contributed by atoms with Crippen molar-refractivity contribution in [2.45, 2.75) is 17.1 Å². The van der Waals surface area contributed by atoms with Gasteiger partial charge >= 0.3 is 0 Å². The van der Waals surface area contributed by atoms with Gasteiger partial charge in [0.15, 0.2) is 0 Å². The molecule has 0 aliphatic rings. The lowest BCUT2D eigenvalue weighted by atomic mass is 10.2. The Morgan fingerprint density at radius 2 is 1.76 bits per heavy atom. The lowest BCUT2D eigenvalue weighted by Crippen LogP contribution is -2.41. The molecule has 3 aromatic rings. The van der Waals surface area contributed by atoms with Crippen LogP contribution in [-0.2, 0) is 20.6 Å². The van der Waals surface area contributed by atoms with Crippen LogP contribution in [0.1, 0.15) is 12.0 Å². The summed E-state index contributed by atoms with van der Waals surface area (Å²) in [5, 5.41) is 3.56. The molecule has 0 heterocycles. The average molecular weight is 568 g/mol. The van der Waals surface area contributed by atoms with Crippen molar-refractivity contribution < 1.29 is 13.2 Å². The van der Waals surface area contributed by atoms with E-state index in [0.29, 0.717) is 12.2 Å². The number of hydrogen-bond donors (Lipinski definition) is 1. The third kappa shape index (κ3) is 7.78. The van der Waals surface area contributed by atoms with Crippen LogP contribution in [0, 0.1) is 0 Å². The number of carbonyl (C=O) groups excluding carboxylic acids is 1. The van der Waals surface area contributed by atoms with Crippen LogP contribution in [0.25, 0.3) is 0 Å². The summed E-state index contributed by atoms with van der Waals surface area (Å²) in [6.45, 7) is 0.169. The quantitative estimate of drug-likeness (QED) is 0.300. The predicted octanol–water partition coefficient (Wildman–Crippen LogP) is 5.74. The summed E-state index contributed by atoms with van der Waals surface area (Å²) >= 11 is 11.1. The first kappa shape index (κ1) is 25.6. The molecule has 0 saturated carbocycles. The first-order valence-electron chi connectivity index (χ1n) is 10.3. The van der Waals surface area contributed by atoms with Crippen molar-refractivity contribution in [3.63, 3.8) is 0 Å². The standard InChI is InChI=1S/C24H24BrClN2O3S2/c25-20-8-5-10-22(16-20)28(33(30,31)23-11-2-1-3-12-23)17-24(29)27-13-6-14-32-18-19-7-4-9-21(26)15-19/h1-5,7-12,15-16H,6,13-14,17-18H2,(H,27,29). The minimum atomic E-state index is -3.90. The van der Waals surface area contributed by atoms with Crippen LogP contribution in [0.5, 0.6) is 0 Å². The van der Waals surface area contributed by atoms with E-state index in [4.69, 9.17) is 11.6 Å². The van der Waals surface area contributed by atoms with Gasteiger partial charge in [-0.2, -0.15) is 11.8 Å². The van der Waals surface area contributed by atoms with Crippen molar-refractivity contribution >= 4 is 60.9 Å². The predicted molar refractivity (Wildman–Crippen MR) is 140 cm³/mol. The number of halogens is 2. The van der Waals surface area contributed by atoms with Crippen molar-refractivity contribution in [1.29, 1.82) is 0 Å². The van der Waals surface area contributed by atoms with Gasteiger partial charge in [-0.25, -0.2) is 8.42 Å². The van der Waals surface area contributed by atoms with Crippen molar-refractivity contribution in [3.8, 4) is 0 Å². The zero-order chi connectivity index (χ0) is 23.7. The maximum atomic E-state index is 13.3. The third-order valence-electron chi connectivity index (χ3n) is 4.66. The first-order chi connectivity index (χ1) is 15.9. The highest BCUT2D eigenvalue weighted by Crippen LogP contribution is 2.26. The molecule has 0 saturated heterocycles. The van der Waals surface area contributed by atoms with Gasteiger partial charge in [0.1, 0.15) is 6.54 Å². The zero-order valence-corrected chi connectivity index (χ0v) is 21.8. The van der Waals surface area contributed by atoms with E-state index < -0.39 is 10.0 Å². The van der Waals surface area contributed by atoms with Gasteiger partial charge in [0.25, 0.3) is 10.0 Å². The molecule has 1 N–H and O–H groups in total. The smallest absolute Gasteiger partial charge is 0.264 e. The molecule has 0 aromatic heterocycles. The van der Waals surface area contributed by atoms with Crippen LogP contribution in [-0.4, -0.2) is 33.2 Å². The summed E-state index contributed by atoms with van der Waals surface area (Å²) in [5.74, 6) is 1.36. The topological polar surface area (TPSA) is 66.5 Å². The number of sulfonamides is 1. The van der Waals surface area contributed by atoms with Gasteiger partial charge in [-0.05, 0) is 60.2 Å². The third-order valence-corrected chi connectivity index (χ3v) is 8.29. The number of rotatable bonds is 11. The van der Waals surface area contributed by atoms with Gasteiger partial charge < -0.3 is 5.32 Å². The summed E-state index contributed by atoms with van der Waals surface area (Å²) in [4.78, 5) is 12.8. The van der Waals surface area contributed by atoms with Crippen LogP contribution in [0.15, 0.2) is 88.2 Å². The van der Waals surface area contributed by atoms with E-state index in [-0.39, 0.29) is 17.3 Å². The summed E-state index contributed by atoms with van der Waals surface area (Å²) in [5.41, 5.74) is 1.58. The number of anilines is 1. The van der Waals surface area contributed by atoms with Crippen LogP contribution >= 0.6 is 39.3 Å². The van der Waals surface area contributed by atoms with E-state index in [0.717, 1.165) is 37.3 Å². The Morgan fingerprint density at radius 3 is 2.48 bits per heavy atom. The Morgan fingerprint density at radius 1 is 1.00 bits per heavy atom. The van der Waals surface area contributed by atoms with Gasteiger partial charge in [-0.3, -0.25) is 9.10 Å². The Labute approximate surface area is 212 Å². The number of amides is 1. The van der Waals surface area contributed by atoms with Crippen molar-refractivity contribution in [1.82, 2.24) is 5.32 Å². The molecule has 0 spiro atoms. The minimum absolute atomic E-state index is 0.134. The maximum Gasteiger partial charge on any atom is 0.264 e. The molecule has 0 aliphatic carbocycles. The molecular weight excluding hydrogens is 544 g/mol. The average Bonchev–Trinajstić information content (AvgIpc) is 2.80. The number of benzene rings is 3. The van der Waals surface area contributed by atoms with Gasteiger partial charge in [-0.1, -0.05) is 63.9 Å². The number of nitrogens with one attached hydrogen (secondary N) is 1. The molecule has 33 heavy (non-hydrogen) atoms. The second-order valence-electron chi connectivity index (χ2n) is 7.19. The fourth-order valence-electron chi connectivity index (χ4n) is 3.07. The van der Waals surface area contributed by atoms with Crippen LogP contribution in [0.3, 0.4) is 0 Å². The molecule has 0 atom stereocenters. The van der Waals surface area contributed by atoms with Gasteiger partial charge in [0.2, 0.25) is 5.91 Å². The van der Waals surface area contributed by atoms with Crippen LogP contribution in [0.4, 0.5) is 5.69 Å². The highest BCUT2D eigenvalue weighted by molar-refractivity contribution is 9.10. The Bertz CT molecular complexity index is 1180. The van der Waals surface area contributed by atoms with Crippen LogP contribution in [0.2, 0.25) is 5.02 Å². The maximum absolute atomic E-state index is 13.3. The number of thioether (sulfide) groups is 1. The van der Waals surface area contributed by atoms with Crippen molar-refractivity contribution in [2.75, 3.05) is 23.1 Å². The van der Waals surface area contributed by atoms with E-state index in [9.17, 15) is 13.2 Å². The fourth-order valence-corrected chi connectivity index (χ4v) is 6.01. The largest absolute Gasteiger partial charge is 0.354 e. The summed E-state index contributed by atoms with van der Waals surface area (Å²) in [6, 6.07) is 22.8. The minimum Gasteiger partial charge on any atom is -0.354 e. The van der Waals surface area contributed by atoms with E-state index in [1.807, 2.05) is 24.3 Å². The SMILES string of the molecule is O=C(CN(c1cccc(Br)c1)S(=O)(=O)c1ccccc1)NCCCSCc1cccc(Cl)c1. The Hall–Kier alpha value is -2.00. The molecule has 0 fully saturated rings. The molecule has 0 aliphatic heterocycles. The molecule has 5 nitrogen and oxygen atoms in total. The summed E-state index contributed by atoms with van der Waals surface area (Å²) in [6.07, 6.45) is 0.777. The van der Waals surface area contributed by atoms with Gasteiger partial charge in [0, 0.05) is 21.8 Å². The monoisotopic (exact) mass is 566 g/mol. The highest BCUT2D eigenvalue weighted by Gasteiger charge is 2.27. The van der Waals surface area contributed by atoms with Crippen LogP contribution < -0.4 is 9.62 Å². The lowest BCUT2D eigenvalue weighted by molar-refractivity contribution is -0.119. The second-order valence-corrected chi connectivity index (χ2v) is 11.5. The first-order valence-corrected chi connectivity index (χ1v) is 14.0. The second kappa shape index (κ2) is 12.5. The molecule has 0 unspecified atom stereocenters. The molecule has 0 bridgehead atoms. The molecule has 1 amide bonds. The Kier molecular flexibility index (Phi) is 9.67. The molecule has 9 heteroatoms. The van der Waals surface area contributed by atoms with Crippen molar-refractivity contribution in [2.24, 2.45) is 0 Å². The number of nitrogens with zero attached hydrogens (tertiary/aromatic N) is 1. The number of hydrogen-bond acceptors (Lipinski definition) is 4. The van der Waals surface area contributed by atoms with Crippen molar-refractivity contribution in [3.05, 3.63) is 93.9 Å². The lowest BCUT2D eigenvalue weighted by Gasteiger charge is -2.24. The summed E-state index contributed by atoms with van der Waals surface area (Å²) < 4.78 is 28.4. The fraction of sp³-hybridized carbons (Fsp3) is 0.208. The molecule has 3 aromatic carbocycles. The Balaban J connectivity index is 1.56. The molecule has 0 radical (unpaired) electrons. The van der Waals surface area contributed by atoms with E-state index >= 15 is 0 Å². The van der Waals surface area contributed by atoms with E-state index in [2.05, 4.69) is 21.2 Å². The molecule has 3 rings (SSSR count). The normalized spacial score (nSPS) is 11.2. The molecular formula is C24H24BrClN2O3S2. The summed E-state index contributed by atoms with van der Waals surface area (Å²) in [7, 11) is -3.90. The van der Waals surface area contributed by atoms with E-state index in [1.165, 1.54) is 12.1 Å². The van der Waals surface area contributed by atoms with E-state index in [1.54, 1.807) is 54.2 Å². The van der Waals surface area contributed by atoms with Gasteiger partial charge in [-0.15, -0.1) is 0 Å². The molecule has 174 valence electrons.